The van der Waals surface area contributed by atoms with E-state index in [9.17, 15) is 4.79 Å². The number of nitrogens with two attached hydrogens (primary N) is 1. The van der Waals surface area contributed by atoms with Crippen molar-refractivity contribution in [2.75, 3.05) is 6.54 Å². The quantitative estimate of drug-likeness (QED) is 0.732. The summed E-state index contributed by atoms with van der Waals surface area (Å²) in [6.07, 6.45) is 5.17. The highest BCUT2D eigenvalue weighted by Gasteiger charge is 2.25. The first-order valence-corrected chi connectivity index (χ1v) is 5.49. The first-order valence-electron chi connectivity index (χ1n) is 4.61. The maximum Gasteiger partial charge on any atom is 0.186 e. The zero-order chi connectivity index (χ0) is 8.97. The van der Waals surface area contributed by atoms with Crippen molar-refractivity contribution in [2.45, 2.75) is 37.9 Å². The average molecular weight is 187 g/mol. The van der Waals surface area contributed by atoms with Crippen LogP contribution < -0.4 is 5.73 Å². The Labute approximate surface area is 78.3 Å². The van der Waals surface area contributed by atoms with Gasteiger partial charge in [0.05, 0.1) is 0 Å². The molecule has 0 amide bonds. The highest BCUT2D eigenvalue weighted by atomic mass is 32.2. The normalized spacial score (nSPS) is 21.2. The Balaban J connectivity index is 2.37. The summed E-state index contributed by atoms with van der Waals surface area (Å²) in [6, 6.07) is 0. The van der Waals surface area contributed by atoms with Gasteiger partial charge < -0.3 is 5.73 Å². The second-order valence-electron chi connectivity index (χ2n) is 3.43. The van der Waals surface area contributed by atoms with Gasteiger partial charge in [-0.3, -0.25) is 4.79 Å². The molecule has 0 aliphatic heterocycles. The molecule has 12 heavy (non-hydrogen) atoms. The van der Waals surface area contributed by atoms with Crippen molar-refractivity contribution in [2.24, 2.45) is 11.7 Å². The van der Waals surface area contributed by atoms with E-state index in [0.717, 1.165) is 0 Å². The van der Waals surface area contributed by atoms with Crippen LogP contribution in [0.15, 0.2) is 0 Å². The molecule has 0 aromatic carbocycles. The Bertz CT molecular complexity index is 155. The van der Waals surface area contributed by atoms with Gasteiger partial charge in [0, 0.05) is 18.7 Å². The number of carbonyl (C=O) groups excluding carboxylic acids is 1. The lowest BCUT2D eigenvalue weighted by Gasteiger charge is -2.19. The van der Waals surface area contributed by atoms with E-state index in [1.807, 2.05) is 0 Å². The van der Waals surface area contributed by atoms with Gasteiger partial charge in [0.2, 0.25) is 0 Å². The molecular weight excluding hydrogens is 170 g/mol. The lowest BCUT2D eigenvalue weighted by Crippen LogP contribution is -2.25. The molecule has 0 saturated heterocycles. The van der Waals surface area contributed by atoms with Crippen LogP contribution in [-0.2, 0) is 4.79 Å². The van der Waals surface area contributed by atoms with Crippen molar-refractivity contribution >= 4 is 16.9 Å². The molecule has 1 fully saturated rings. The van der Waals surface area contributed by atoms with Gasteiger partial charge in [-0.2, -0.15) is 0 Å². The molecule has 2 N–H and O–H groups in total. The number of rotatable bonds is 3. The molecule has 1 aliphatic rings. The Hall–Kier alpha value is -0.0200. The molecule has 1 unspecified atom stereocenters. The summed E-state index contributed by atoms with van der Waals surface area (Å²) in [5, 5.41) is 0.586. The fourth-order valence-corrected chi connectivity index (χ4v) is 2.87. The van der Waals surface area contributed by atoms with Crippen molar-refractivity contribution < 1.29 is 4.79 Å². The van der Waals surface area contributed by atoms with Crippen LogP contribution in [-0.4, -0.2) is 16.9 Å². The minimum absolute atomic E-state index is 0.206. The maximum atomic E-state index is 10.9. The summed E-state index contributed by atoms with van der Waals surface area (Å²) in [5.41, 5.74) is 5.63. The van der Waals surface area contributed by atoms with Crippen molar-refractivity contribution in [3.05, 3.63) is 0 Å². The van der Waals surface area contributed by atoms with E-state index in [2.05, 4.69) is 0 Å². The SMILES string of the molecule is CC(=O)SC(CN)C1CCCC1. The second kappa shape index (κ2) is 4.87. The zero-order valence-electron chi connectivity index (χ0n) is 7.58. The predicted octanol–water partition coefficient (Wildman–Crippen LogP) is 1.78. The topological polar surface area (TPSA) is 43.1 Å². The van der Waals surface area contributed by atoms with Crippen LogP contribution in [0.1, 0.15) is 32.6 Å². The lowest BCUT2D eigenvalue weighted by atomic mass is 10.0. The molecule has 3 heteroatoms. The molecule has 0 bridgehead atoms. The third-order valence-corrected chi connectivity index (χ3v) is 3.69. The number of hydrogen-bond donors (Lipinski definition) is 1. The third kappa shape index (κ3) is 2.79. The Kier molecular flexibility index (Phi) is 4.09. The van der Waals surface area contributed by atoms with Gasteiger partial charge in [0.15, 0.2) is 5.12 Å². The average Bonchev–Trinajstić information content (AvgIpc) is 2.51. The summed E-state index contributed by atoms with van der Waals surface area (Å²) in [6.45, 7) is 2.27. The fraction of sp³-hybridized carbons (Fsp3) is 0.889. The molecule has 0 heterocycles. The Morgan fingerprint density at radius 3 is 2.58 bits per heavy atom. The molecule has 0 radical (unpaired) electrons. The standard InChI is InChI=1S/C9H17NOS/c1-7(11)12-9(6-10)8-4-2-3-5-8/h8-9H,2-6,10H2,1H3. The lowest BCUT2D eigenvalue weighted by molar-refractivity contribution is -0.109. The van der Waals surface area contributed by atoms with E-state index in [1.54, 1.807) is 6.92 Å². The molecule has 70 valence electrons. The van der Waals surface area contributed by atoms with Gasteiger partial charge in [0.1, 0.15) is 0 Å². The van der Waals surface area contributed by atoms with Crippen molar-refractivity contribution in [1.29, 1.82) is 0 Å². The second-order valence-corrected chi connectivity index (χ2v) is 4.84. The summed E-state index contributed by atoms with van der Waals surface area (Å²) >= 11 is 1.43. The van der Waals surface area contributed by atoms with E-state index in [1.165, 1.54) is 37.4 Å². The van der Waals surface area contributed by atoms with E-state index in [4.69, 9.17) is 5.73 Å². The first-order chi connectivity index (χ1) is 5.74. The molecule has 1 atom stereocenters. The van der Waals surface area contributed by atoms with E-state index < -0.39 is 0 Å². The molecule has 0 spiro atoms. The minimum Gasteiger partial charge on any atom is -0.329 e. The number of hydrogen-bond acceptors (Lipinski definition) is 3. The fourth-order valence-electron chi connectivity index (χ4n) is 1.88. The van der Waals surface area contributed by atoms with Crippen LogP contribution in [0.25, 0.3) is 0 Å². The van der Waals surface area contributed by atoms with Crippen molar-refractivity contribution in [3.63, 3.8) is 0 Å². The summed E-state index contributed by atoms with van der Waals surface area (Å²) in [5.74, 6) is 0.698. The van der Waals surface area contributed by atoms with Crippen molar-refractivity contribution in [3.8, 4) is 0 Å². The molecule has 1 rings (SSSR count). The summed E-state index contributed by atoms with van der Waals surface area (Å²) < 4.78 is 0. The van der Waals surface area contributed by atoms with Crippen LogP contribution in [0.5, 0.6) is 0 Å². The van der Waals surface area contributed by atoms with E-state index >= 15 is 0 Å². The number of thioether (sulfide) groups is 1. The molecule has 0 aromatic rings. The number of carbonyl (C=O) groups is 1. The Morgan fingerprint density at radius 1 is 1.58 bits per heavy atom. The van der Waals surface area contributed by atoms with Crippen LogP contribution in [0.3, 0.4) is 0 Å². The van der Waals surface area contributed by atoms with Crippen LogP contribution >= 0.6 is 11.8 Å². The Morgan fingerprint density at radius 2 is 2.17 bits per heavy atom. The van der Waals surface area contributed by atoms with Crippen LogP contribution in [0.4, 0.5) is 0 Å². The van der Waals surface area contributed by atoms with Gasteiger partial charge in [0.25, 0.3) is 0 Å². The minimum atomic E-state index is 0.206. The predicted molar refractivity (Wildman–Crippen MR) is 53.1 cm³/mol. The van der Waals surface area contributed by atoms with Crippen LogP contribution in [0, 0.1) is 5.92 Å². The first kappa shape index (κ1) is 10.1. The molecular formula is C9H17NOS. The van der Waals surface area contributed by atoms with Gasteiger partial charge >= 0.3 is 0 Å². The monoisotopic (exact) mass is 187 g/mol. The third-order valence-electron chi connectivity index (χ3n) is 2.48. The zero-order valence-corrected chi connectivity index (χ0v) is 8.40. The van der Waals surface area contributed by atoms with Gasteiger partial charge in [-0.15, -0.1) is 0 Å². The van der Waals surface area contributed by atoms with Gasteiger partial charge in [-0.1, -0.05) is 24.6 Å². The maximum absolute atomic E-state index is 10.9. The molecule has 1 saturated carbocycles. The summed E-state index contributed by atoms with van der Waals surface area (Å²) in [7, 11) is 0. The van der Waals surface area contributed by atoms with Gasteiger partial charge in [-0.25, -0.2) is 0 Å². The highest BCUT2D eigenvalue weighted by Crippen LogP contribution is 2.33. The molecule has 0 aromatic heterocycles. The van der Waals surface area contributed by atoms with E-state index in [0.29, 0.717) is 17.7 Å². The van der Waals surface area contributed by atoms with E-state index in [-0.39, 0.29) is 5.12 Å². The largest absolute Gasteiger partial charge is 0.329 e. The van der Waals surface area contributed by atoms with Crippen LogP contribution in [0.2, 0.25) is 0 Å². The summed E-state index contributed by atoms with van der Waals surface area (Å²) in [4.78, 5) is 10.9. The molecule has 1 aliphatic carbocycles. The van der Waals surface area contributed by atoms with Gasteiger partial charge in [-0.05, 0) is 18.8 Å². The smallest absolute Gasteiger partial charge is 0.186 e. The highest BCUT2D eigenvalue weighted by molar-refractivity contribution is 8.14. The van der Waals surface area contributed by atoms with Crippen molar-refractivity contribution in [1.82, 2.24) is 0 Å². The molecule has 2 nitrogen and oxygen atoms in total.